The number of ether oxygens (including phenoxy) is 1. The molecule has 30 heavy (non-hydrogen) atoms. The second-order valence-electron chi connectivity index (χ2n) is 7.27. The van der Waals surface area contributed by atoms with Gasteiger partial charge in [-0.2, -0.15) is 0 Å². The summed E-state index contributed by atoms with van der Waals surface area (Å²) in [5, 5.41) is 2.95. The Labute approximate surface area is 175 Å². The first kappa shape index (κ1) is 19.8. The molecule has 1 fully saturated rings. The molecule has 0 spiro atoms. The van der Waals surface area contributed by atoms with Gasteiger partial charge in [0.15, 0.2) is 5.76 Å². The smallest absolute Gasteiger partial charge is 0.290 e. The van der Waals surface area contributed by atoms with Gasteiger partial charge in [-0.1, -0.05) is 42.5 Å². The Morgan fingerprint density at radius 1 is 1.00 bits per heavy atom. The van der Waals surface area contributed by atoms with E-state index in [-0.39, 0.29) is 17.6 Å². The molecule has 0 saturated carbocycles. The van der Waals surface area contributed by atoms with Crippen molar-refractivity contribution in [2.75, 3.05) is 6.54 Å². The van der Waals surface area contributed by atoms with E-state index in [1.54, 1.807) is 17.0 Å². The van der Waals surface area contributed by atoms with Crippen molar-refractivity contribution in [1.29, 1.82) is 0 Å². The molecule has 0 aliphatic carbocycles. The Morgan fingerprint density at radius 2 is 1.77 bits per heavy atom. The lowest BCUT2D eigenvalue weighted by Gasteiger charge is -2.23. The zero-order valence-electron chi connectivity index (χ0n) is 16.6. The standard InChI is InChI=1S/C24H24N2O4/c27-23(21-8-4-14-26(21)24(28)22-9-5-15-29-22)25-16-18-10-12-19(13-11-18)17-30-20-6-2-1-3-7-20/h1-3,5-7,9-13,15,21H,4,8,14,16-17H2,(H,25,27)/t21-/m0/s1. The highest BCUT2D eigenvalue weighted by Crippen LogP contribution is 2.21. The average Bonchev–Trinajstić information content (AvgIpc) is 3.49. The summed E-state index contributed by atoms with van der Waals surface area (Å²) in [7, 11) is 0. The lowest BCUT2D eigenvalue weighted by atomic mass is 10.1. The van der Waals surface area contributed by atoms with Gasteiger partial charge in [-0.25, -0.2) is 0 Å². The predicted molar refractivity (Wildman–Crippen MR) is 112 cm³/mol. The number of benzene rings is 2. The maximum atomic E-state index is 12.7. The van der Waals surface area contributed by atoms with Gasteiger partial charge in [-0.15, -0.1) is 0 Å². The Balaban J connectivity index is 1.28. The van der Waals surface area contributed by atoms with Crippen LogP contribution in [0.4, 0.5) is 0 Å². The number of furan rings is 1. The summed E-state index contributed by atoms with van der Waals surface area (Å²) in [5.74, 6) is 0.728. The van der Waals surface area contributed by atoms with Gasteiger partial charge < -0.3 is 19.4 Å². The van der Waals surface area contributed by atoms with Crippen LogP contribution in [-0.4, -0.2) is 29.3 Å². The maximum Gasteiger partial charge on any atom is 0.290 e. The van der Waals surface area contributed by atoms with Crippen LogP contribution >= 0.6 is 0 Å². The van der Waals surface area contributed by atoms with E-state index >= 15 is 0 Å². The Hall–Kier alpha value is -3.54. The first-order valence-corrected chi connectivity index (χ1v) is 10.1. The van der Waals surface area contributed by atoms with E-state index in [4.69, 9.17) is 9.15 Å². The van der Waals surface area contributed by atoms with Crippen molar-refractivity contribution in [2.45, 2.75) is 32.0 Å². The van der Waals surface area contributed by atoms with E-state index in [1.807, 2.05) is 54.6 Å². The minimum Gasteiger partial charge on any atom is -0.489 e. The third-order valence-electron chi connectivity index (χ3n) is 5.19. The molecule has 3 aromatic rings. The fraction of sp³-hybridized carbons (Fsp3) is 0.250. The molecule has 0 radical (unpaired) electrons. The molecule has 1 aliphatic heterocycles. The molecule has 154 valence electrons. The number of rotatable bonds is 7. The van der Waals surface area contributed by atoms with Crippen molar-refractivity contribution in [2.24, 2.45) is 0 Å². The summed E-state index contributed by atoms with van der Waals surface area (Å²) >= 11 is 0. The van der Waals surface area contributed by atoms with E-state index in [2.05, 4.69) is 5.32 Å². The Kier molecular flexibility index (Phi) is 6.13. The lowest BCUT2D eigenvalue weighted by molar-refractivity contribution is -0.125. The third-order valence-corrected chi connectivity index (χ3v) is 5.19. The van der Waals surface area contributed by atoms with Gasteiger partial charge in [-0.3, -0.25) is 9.59 Å². The molecule has 1 aromatic heterocycles. The number of carbonyl (C=O) groups excluding carboxylic acids is 2. The molecule has 0 unspecified atom stereocenters. The Bertz CT molecular complexity index is 968. The summed E-state index contributed by atoms with van der Waals surface area (Å²) in [5.41, 5.74) is 2.05. The van der Waals surface area contributed by atoms with E-state index in [0.717, 1.165) is 23.3 Å². The fourth-order valence-corrected chi connectivity index (χ4v) is 3.57. The molecule has 0 bridgehead atoms. The number of likely N-dealkylation sites (tertiary alicyclic amines) is 1. The van der Waals surface area contributed by atoms with Crippen molar-refractivity contribution >= 4 is 11.8 Å². The van der Waals surface area contributed by atoms with Crippen molar-refractivity contribution in [3.8, 4) is 5.75 Å². The average molecular weight is 404 g/mol. The van der Waals surface area contributed by atoms with Crippen LogP contribution in [-0.2, 0) is 17.9 Å². The minimum absolute atomic E-state index is 0.135. The van der Waals surface area contributed by atoms with Crippen LogP contribution in [0.3, 0.4) is 0 Å². The molecule has 6 heteroatoms. The Morgan fingerprint density at radius 3 is 2.50 bits per heavy atom. The van der Waals surface area contributed by atoms with Crippen LogP contribution in [0.15, 0.2) is 77.4 Å². The van der Waals surface area contributed by atoms with Crippen LogP contribution in [0, 0.1) is 0 Å². The lowest BCUT2D eigenvalue weighted by Crippen LogP contribution is -2.45. The van der Waals surface area contributed by atoms with Crippen LogP contribution in [0.25, 0.3) is 0 Å². The topological polar surface area (TPSA) is 71.8 Å². The molecule has 2 heterocycles. The first-order chi connectivity index (χ1) is 14.7. The van der Waals surface area contributed by atoms with Gasteiger partial charge >= 0.3 is 0 Å². The van der Waals surface area contributed by atoms with Gasteiger partial charge in [0.25, 0.3) is 5.91 Å². The zero-order chi connectivity index (χ0) is 20.8. The highest BCUT2D eigenvalue weighted by Gasteiger charge is 2.35. The second-order valence-corrected chi connectivity index (χ2v) is 7.27. The van der Waals surface area contributed by atoms with E-state index < -0.39 is 6.04 Å². The van der Waals surface area contributed by atoms with Crippen molar-refractivity contribution < 1.29 is 18.7 Å². The number of amides is 2. The summed E-state index contributed by atoms with van der Waals surface area (Å²) in [6.07, 6.45) is 2.93. The van der Waals surface area contributed by atoms with E-state index in [9.17, 15) is 9.59 Å². The molecule has 2 aromatic carbocycles. The molecule has 6 nitrogen and oxygen atoms in total. The number of para-hydroxylation sites is 1. The SMILES string of the molecule is O=C(NCc1ccc(COc2ccccc2)cc1)[C@@H]1CCCN1C(=O)c1ccco1. The summed E-state index contributed by atoms with van der Waals surface area (Å²) < 4.78 is 10.9. The number of nitrogens with one attached hydrogen (secondary N) is 1. The summed E-state index contributed by atoms with van der Waals surface area (Å²) in [6, 6.07) is 20.5. The fourth-order valence-electron chi connectivity index (χ4n) is 3.57. The van der Waals surface area contributed by atoms with Crippen molar-refractivity contribution in [1.82, 2.24) is 10.2 Å². The molecule has 4 rings (SSSR count). The number of nitrogens with zero attached hydrogens (tertiary/aromatic N) is 1. The van der Waals surface area contributed by atoms with E-state index in [1.165, 1.54) is 6.26 Å². The van der Waals surface area contributed by atoms with Crippen molar-refractivity contribution in [3.63, 3.8) is 0 Å². The van der Waals surface area contributed by atoms with Gasteiger partial charge in [0.1, 0.15) is 18.4 Å². The monoisotopic (exact) mass is 404 g/mol. The number of hydrogen-bond acceptors (Lipinski definition) is 4. The van der Waals surface area contributed by atoms with Crippen LogP contribution in [0.5, 0.6) is 5.75 Å². The molecule has 1 saturated heterocycles. The third kappa shape index (κ3) is 4.71. The van der Waals surface area contributed by atoms with E-state index in [0.29, 0.717) is 26.1 Å². The predicted octanol–water partition coefficient (Wildman–Crippen LogP) is 3.78. The molecular formula is C24H24N2O4. The van der Waals surface area contributed by atoms with Crippen LogP contribution in [0.2, 0.25) is 0 Å². The number of carbonyl (C=O) groups is 2. The molecular weight excluding hydrogens is 380 g/mol. The summed E-state index contributed by atoms with van der Waals surface area (Å²) in [4.78, 5) is 26.8. The highest BCUT2D eigenvalue weighted by atomic mass is 16.5. The first-order valence-electron chi connectivity index (χ1n) is 10.1. The summed E-state index contributed by atoms with van der Waals surface area (Å²) in [6.45, 7) is 1.47. The maximum absolute atomic E-state index is 12.7. The molecule has 2 amide bonds. The van der Waals surface area contributed by atoms with Gasteiger partial charge in [0.2, 0.25) is 5.91 Å². The number of hydrogen-bond donors (Lipinski definition) is 1. The van der Waals surface area contributed by atoms with Crippen LogP contribution < -0.4 is 10.1 Å². The van der Waals surface area contributed by atoms with Gasteiger partial charge in [0, 0.05) is 13.1 Å². The van der Waals surface area contributed by atoms with Gasteiger partial charge in [-0.05, 0) is 48.2 Å². The quantitative estimate of drug-likeness (QED) is 0.651. The van der Waals surface area contributed by atoms with Crippen LogP contribution in [0.1, 0.15) is 34.5 Å². The minimum atomic E-state index is -0.457. The largest absolute Gasteiger partial charge is 0.489 e. The van der Waals surface area contributed by atoms with Gasteiger partial charge in [0.05, 0.1) is 6.26 Å². The molecule has 1 atom stereocenters. The second kappa shape index (κ2) is 9.31. The van der Waals surface area contributed by atoms with Crippen molar-refractivity contribution in [3.05, 3.63) is 89.9 Å². The molecule has 1 N–H and O–H groups in total. The zero-order valence-corrected chi connectivity index (χ0v) is 16.6. The highest BCUT2D eigenvalue weighted by molar-refractivity contribution is 5.95. The normalized spacial score (nSPS) is 15.7. The molecule has 1 aliphatic rings.